The highest BCUT2D eigenvalue weighted by Crippen LogP contribution is 2.30. The van der Waals surface area contributed by atoms with Crippen molar-refractivity contribution in [2.24, 2.45) is 0 Å². The molecular formula is C26H27FN6O2S. The largest absolute Gasteiger partial charge is 0.369 e. The minimum atomic E-state index is -0.346. The Kier molecular flexibility index (Phi) is 6.97. The Morgan fingerprint density at radius 3 is 2.58 bits per heavy atom. The van der Waals surface area contributed by atoms with Crippen LogP contribution in [-0.4, -0.2) is 60.1 Å². The minimum Gasteiger partial charge on any atom is -0.369 e. The Morgan fingerprint density at radius 2 is 1.83 bits per heavy atom. The van der Waals surface area contributed by atoms with Crippen LogP contribution in [0.2, 0.25) is 0 Å². The van der Waals surface area contributed by atoms with Gasteiger partial charge in [-0.05, 0) is 43.4 Å². The van der Waals surface area contributed by atoms with Gasteiger partial charge in [0.1, 0.15) is 16.5 Å². The summed E-state index contributed by atoms with van der Waals surface area (Å²) in [6, 6.07) is 15.8. The van der Waals surface area contributed by atoms with E-state index in [-0.39, 0.29) is 30.6 Å². The van der Waals surface area contributed by atoms with Gasteiger partial charge in [0.25, 0.3) is 5.91 Å². The first-order valence-corrected chi connectivity index (χ1v) is 12.6. The molecule has 10 heteroatoms. The number of hydrogen-bond donors (Lipinski definition) is 3. The maximum Gasteiger partial charge on any atom is 0.256 e. The highest BCUT2D eigenvalue weighted by Gasteiger charge is 2.17. The van der Waals surface area contributed by atoms with Gasteiger partial charge in [0.15, 0.2) is 0 Å². The van der Waals surface area contributed by atoms with Crippen LogP contribution in [0.1, 0.15) is 20.8 Å². The molecule has 1 fully saturated rings. The molecule has 0 radical (unpaired) electrons. The summed E-state index contributed by atoms with van der Waals surface area (Å²) in [7, 11) is 2.12. The van der Waals surface area contributed by atoms with Crippen LogP contribution >= 0.6 is 11.3 Å². The van der Waals surface area contributed by atoms with Crippen molar-refractivity contribution in [1.82, 2.24) is 20.4 Å². The lowest BCUT2D eigenvalue weighted by molar-refractivity contribution is -0.120. The van der Waals surface area contributed by atoms with Crippen LogP contribution in [0.15, 0.2) is 54.6 Å². The molecule has 36 heavy (non-hydrogen) atoms. The Balaban J connectivity index is 1.19. The van der Waals surface area contributed by atoms with E-state index in [1.807, 2.05) is 30.3 Å². The molecule has 2 amide bonds. The van der Waals surface area contributed by atoms with Crippen molar-refractivity contribution in [3.63, 3.8) is 0 Å². The lowest BCUT2D eigenvalue weighted by Crippen LogP contribution is -2.44. The molecule has 186 valence electrons. The quantitative estimate of drug-likeness (QED) is 0.356. The second kappa shape index (κ2) is 10.5. The minimum absolute atomic E-state index is 0.129. The van der Waals surface area contributed by atoms with E-state index in [9.17, 15) is 14.0 Å². The molecule has 3 N–H and O–H groups in total. The van der Waals surface area contributed by atoms with Crippen LogP contribution in [0.4, 0.5) is 15.9 Å². The van der Waals surface area contributed by atoms with E-state index in [1.54, 1.807) is 18.2 Å². The van der Waals surface area contributed by atoms with E-state index in [4.69, 9.17) is 0 Å². The molecule has 1 saturated heterocycles. The monoisotopic (exact) mass is 506 g/mol. The predicted molar refractivity (Wildman–Crippen MR) is 140 cm³/mol. The first-order chi connectivity index (χ1) is 17.5. The lowest BCUT2D eigenvalue weighted by atomic mass is 10.1. The number of rotatable bonds is 7. The maximum absolute atomic E-state index is 13.8. The van der Waals surface area contributed by atoms with Gasteiger partial charge in [0, 0.05) is 54.4 Å². The van der Waals surface area contributed by atoms with E-state index in [2.05, 4.69) is 37.7 Å². The molecule has 0 spiro atoms. The molecule has 0 saturated carbocycles. The number of hydrogen-bond acceptors (Lipinski definition) is 6. The van der Waals surface area contributed by atoms with Gasteiger partial charge in [-0.3, -0.25) is 14.7 Å². The average molecular weight is 507 g/mol. The number of halogens is 1. The number of thiophene rings is 1. The number of anilines is 2. The standard InChI is InChI=1S/C26H27FN6O2S/c1-32-10-12-33(13-11-32)19-8-6-17(7-9-19)25(35)29-24-21-14-20(36-26(21)31-30-24)15-23(34)28-16-18-4-2-3-5-22(18)27/h2-9,14H,10-13,15-16H2,1H3,(H,28,34)(H2,29,30,31,35). The second-order valence-electron chi connectivity index (χ2n) is 8.87. The van der Waals surface area contributed by atoms with E-state index in [0.29, 0.717) is 21.8 Å². The van der Waals surface area contributed by atoms with Crippen LogP contribution in [0, 0.1) is 5.82 Å². The van der Waals surface area contributed by atoms with Crippen molar-refractivity contribution >= 4 is 44.9 Å². The topological polar surface area (TPSA) is 93.4 Å². The molecule has 1 aliphatic rings. The van der Waals surface area contributed by atoms with Gasteiger partial charge in [0.2, 0.25) is 5.91 Å². The van der Waals surface area contributed by atoms with Gasteiger partial charge in [-0.15, -0.1) is 11.3 Å². The summed E-state index contributed by atoms with van der Waals surface area (Å²) in [5.41, 5.74) is 2.10. The molecule has 0 unspecified atom stereocenters. The molecule has 4 aromatic rings. The van der Waals surface area contributed by atoms with Crippen molar-refractivity contribution in [2.45, 2.75) is 13.0 Å². The molecule has 3 heterocycles. The van der Waals surface area contributed by atoms with Crippen LogP contribution in [0.25, 0.3) is 10.2 Å². The third-order valence-corrected chi connectivity index (χ3v) is 7.34. The van der Waals surface area contributed by atoms with Crippen molar-refractivity contribution in [2.75, 3.05) is 43.4 Å². The summed E-state index contributed by atoms with van der Waals surface area (Å²) < 4.78 is 13.8. The lowest BCUT2D eigenvalue weighted by Gasteiger charge is -2.34. The smallest absolute Gasteiger partial charge is 0.256 e. The molecule has 2 aromatic heterocycles. The average Bonchev–Trinajstić information content (AvgIpc) is 3.45. The summed E-state index contributed by atoms with van der Waals surface area (Å²) in [4.78, 5) is 31.3. The van der Waals surface area contributed by atoms with Crippen LogP contribution < -0.4 is 15.5 Å². The fourth-order valence-corrected chi connectivity index (χ4v) is 5.16. The predicted octanol–water partition coefficient (Wildman–Crippen LogP) is 3.63. The zero-order chi connectivity index (χ0) is 25.1. The normalized spacial score (nSPS) is 14.2. The van der Waals surface area contributed by atoms with Gasteiger partial charge in [-0.2, -0.15) is 5.10 Å². The fourth-order valence-electron chi connectivity index (χ4n) is 4.17. The molecule has 0 aliphatic carbocycles. The molecule has 0 atom stereocenters. The SMILES string of the molecule is CN1CCN(c2ccc(C(=O)Nc3[nH]nc4sc(CC(=O)NCc5ccccc5F)cc34)cc2)CC1. The van der Waals surface area contributed by atoms with Crippen LogP contribution in [0.3, 0.4) is 0 Å². The molecular weight excluding hydrogens is 479 g/mol. The third kappa shape index (κ3) is 5.39. The molecule has 0 bridgehead atoms. The number of piperazine rings is 1. The third-order valence-electron chi connectivity index (χ3n) is 6.31. The number of carbonyl (C=O) groups is 2. The number of carbonyl (C=O) groups excluding carboxylic acids is 2. The molecule has 8 nitrogen and oxygen atoms in total. The Labute approximate surface area is 212 Å². The van der Waals surface area contributed by atoms with Crippen LogP contribution in [-0.2, 0) is 17.8 Å². The number of benzene rings is 2. The number of nitrogens with zero attached hydrogens (tertiary/aromatic N) is 3. The van der Waals surface area contributed by atoms with E-state index in [1.165, 1.54) is 17.4 Å². The van der Waals surface area contributed by atoms with Gasteiger partial charge in [-0.25, -0.2) is 4.39 Å². The van der Waals surface area contributed by atoms with Crippen molar-refractivity contribution in [1.29, 1.82) is 0 Å². The van der Waals surface area contributed by atoms with Crippen LogP contribution in [0.5, 0.6) is 0 Å². The number of aromatic nitrogens is 2. The molecule has 2 aromatic carbocycles. The van der Waals surface area contributed by atoms with Gasteiger partial charge < -0.3 is 20.4 Å². The van der Waals surface area contributed by atoms with Crippen molar-refractivity contribution < 1.29 is 14.0 Å². The summed E-state index contributed by atoms with van der Waals surface area (Å²) in [5.74, 6) is -0.299. The number of nitrogens with one attached hydrogen (secondary N) is 3. The van der Waals surface area contributed by atoms with Crippen molar-refractivity contribution in [3.8, 4) is 0 Å². The van der Waals surface area contributed by atoms with E-state index >= 15 is 0 Å². The van der Waals surface area contributed by atoms with E-state index in [0.717, 1.165) is 42.1 Å². The zero-order valence-corrected chi connectivity index (χ0v) is 20.7. The van der Waals surface area contributed by atoms with E-state index < -0.39 is 0 Å². The number of amides is 2. The second-order valence-corrected chi connectivity index (χ2v) is 9.98. The summed E-state index contributed by atoms with van der Waals surface area (Å²) in [6.07, 6.45) is 0.149. The molecule has 5 rings (SSSR count). The Hall–Kier alpha value is -3.76. The molecule has 1 aliphatic heterocycles. The number of H-pyrrole nitrogens is 1. The van der Waals surface area contributed by atoms with Gasteiger partial charge in [0.05, 0.1) is 11.8 Å². The number of fused-ring (bicyclic) bond motifs is 1. The first-order valence-electron chi connectivity index (χ1n) is 11.8. The highest BCUT2D eigenvalue weighted by atomic mass is 32.1. The Bertz CT molecular complexity index is 1370. The zero-order valence-electron chi connectivity index (χ0n) is 19.9. The summed E-state index contributed by atoms with van der Waals surface area (Å²) in [6.45, 7) is 4.11. The van der Waals surface area contributed by atoms with Crippen molar-refractivity contribution in [3.05, 3.63) is 76.4 Å². The van der Waals surface area contributed by atoms with Gasteiger partial charge >= 0.3 is 0 Å². The first kappa shape index (κ1) is 24.0. The summed E-state index contributed by atoms with van der Waals surface area (Å²) in [5, 5.41) is 13.5. The van der Waals surface area contributed by atoms with Gasteiger partial charge in [-0.1, -0.05) is 18.2 Å². The highest BCUT2D eigenvalue weighted by molar-refractivity contribution is 7.18. The fraction of sp³-hybridized carbons (Fsp3) is 0.269. The summed E-state index contributed by atoms with van der Waals surface area (Å²) >= 11 is 1.37. The maximum atomic E-state index is 13.8. The number of aromatic amines is 1. The Morgan fingerprint density at radius 1 is 1.08 bits per heavy atom. The number of likely N-dealkylation sites (N-methyl/N-ethyl adjacent to an activating group) is 1.